The van der Waals surface area contributed by atoms with Crippen molar-refractivity contribution in [3.05, 3.63) is 29.8 Å². The molecule has 21 heavy (non-hydrogen) atoms. The van der Waals surface area contributed by atoms with E-state index in [0.717, 1.165) is 36.7 Å². The van der Waals surface area contributed by atoms with Crippen LogP contribution in [0.25, 0.3) is 0 Å². The van der Waals surface area contributed by atoms with Gasteiger partial charge in [0, 0.05) is 11.5 Å². The molecule has 0 spiro atoms. The Hall–Kier alpha value is -1.02. The van der Waals surface area contributed by atoms with Gasteiger partial charge in [0.1, 0.15) is 5.75 Å². The molecule has 0 saturated heterocycles. The lowest BCUT2D eigenvalue weighted by atomic mass is 9.70. The van der Waals surface area contributed by atoms with E-state index in [-0.39, 0.29) is 0 Å². The minimum atomic E-state index is 0.612. The number of benzene rings is 1. The van der Waals surface area contributed by atoms with Crippen molar-refractivity contribution in [3.63, 3.8) is 0 Å². The third kappa shape index (κ3) is 3.42. The Morgan fingerprint density at radius 3 is 2.90 bits per heavy atom. The van der Waals surface area contributed by atoms with Crippen LogP contribution in [0.4, 0.5) is 0 Å². The smallest absolute Gasteiger partial charge is 0.122 e. The summed E-state index contributed by atoms with van der Waals surface area (Å²) in [4.78, 5) is 0. The summed E-state index contributed by atoms with van der Waals surface area (Å²) in [6.07, 6.45) is 5.50. The van der Waals surface area contributed by atoms with Crippen LogP contribution < -0.4 is 10.1 Å². The SMILES string of the molecule is CCNCC1CCC(C)CC1CC1COc2ccccc21. The van der Waals surface area contributed by atoms with E-state index in [1.165, 1.54) is 37.8 Å². The Bertz CT molecular complexity index is 457. The maximum atomic E-state index is 5.88. The predicted molar refractivity (Wildman–Crippen MR) is 87.8 cm³/mol. The zero-order valence-corrected chi connectivity index (χ0v) is 13.5. The van der Waals surface area contributed by atoms with E-state index in [4.69, 9.17) is 4.74 Å². The highest BCUT2D eigenvalue weighted by atomic mass is 16.5. The van der Waals surface area contributed by atoms with Crippen LogP contribution in [0.1, 0.15) is 51.0 Å². The second-order valence-electron chi connectivity index (χ2n) is 7.03. The number of nitrogens with one attached hydrogen (secondary N) is 1. The second kappa shape index (κ2) is 6.83. The van der Waals surface area contributed by atoms with Crippen molar-refractivity contribution in [2.45, 2.75) is 45.4 Å². The van der Waals surface area contributed by atoms with Crippen LogP contribution in [0.15, 0.2) is 24.3 Å². The predicted octanol–water partition coefficient (Wildman–Crippen LogP) is 4.21. The molecular weight excluding hydrogens is 258 g/mol. The number of ether oxygens (including phenoxy) is 1. The topological polar surface area (TPSA) is 21.3 Å². The normalized spacial score (nSPS) is 31.7. The molecule has 1 aromatic carbocycles. The Morgan fingerprint density at radius 1 is 1.19 bits per heavy atom. The average Bonchev–Trinajstić information content (AvgIpc) is 2.90. The third-order valence-corrected chi connectivity index (χ3v) is 5.44. The van der Waals surface area contributed by atoms with Gasteiger partial charge in [0.25, 0.3) is 0 Å². The standard InChI is InChI=1S/C19H29NO/c1-3-20-12-15-9-8-14(2)10-16(15)11-17-13-21-19-7-5-4-6-18(17)19/h4-7,14-17,20H,3,8-13H2,1-2H3. The molecule has 1 heterocycles. The number of fused-ring (bicyclic) bond motifs is 1. The first-order valence-electron chi connectivity index (χ1n) is 8.70. The molecule has 1 N–H and O–H groups in total. The number of hydrogen-bond acceptors (Lipinski definition) is 2. The van der Waals surface area contributed by atoms with Gasteiger partial charge in [-0.05, 0) is 56.2 Å². The summed E-state index contributed by atoms with van der Waals surface area (Å²) in [6.45, 7) is 7.81. The molecule has 0 amide bonds. The van der Waals surface area contributed by atoms with Crippen LogP contribution in [0.3, 0.4) is 0 Å². The first-order chi connectivity index (χ1) is 10.3. The summed E-state index contributed by atoms with van der Waals surface area (Å²) in [5, 5.41) is 3.58. The molecule has 0 aromatic heterocycles. The Morgan fingerprint density at radius 2 is 2.05 bits per heavy atom. The highest BCUT2D eigenvalue weighted by Crippen LogP contribution is 2.43. The van der Waals surface area contributed by atoms with Gasteiger partial charge < -0.3 is 10.1 Å². The van der Waals surface area contributed by atoms with E-state index in [2.05, 4.69) is 43.4 Å². The van der Waals surface area contributed by atoms with E-state index >= 15 is 0 Å². The lowest BCUT2D eigenvalue weighted by molar-refractivity contribution is 0.161. The van der Waals surface area contributed by atoms with E-state index < -0.39 is 0 Å². The molecule has 0 bridgehead atoms. The number of rotatable bonds is 5. The molecule has 1 saturated carbocycles. The van der Waals surface area contributed by atoms with Crippen molar-refractivity contribution in [3.8, 4) is 5.75 Å². The molecular formula is C19H29NO. The van der Waals surface area contributed by atoms with Crippen LogP contribution in [0.2, 0.25) is 0 Å². The highest BCUT2D eigenvalue weighted by molar-refractivity contribution is 5.39. The van der Waals surface area contributed by atoms with Crippen LogP contribution in [0.5, 0.6) is 5.75 Å². The third-order valence-electron chi connectivity index (χ3n) is 5.44. The van der Waals surface area contributed by atoms with Gasteiger partial charge in [0.05, 0.1) is 6.61 Å². The zero-order valence-electron chi connectivity index (χ0n) is 13.5. The summed E-state index contributed by atoms with van der Waals surface area (Å²) in [5.41, 5.74) is 1.44. The van der Waals surface area contributed by atoms with Gasteiger partial charge in [-0.25, -0.2) is 0 Å². The molecule has 1 aliphatic carbocycles. The van der Waals surface area contributed by atoms with Gasteiger partial charge in [-0.3, -0.25) is 0 Å². The van der Waals surface area contributed by atoms with Crippen molar-refractivity contribution in [2.24, 2.45) is 17.8 Å². The van der Waals surface area contributed by atoms with E-state index in [9.17, 15) is 0 Å². The molecule has 1 aliphatic heterocycles. The molecule has 0 radical (unpaired) electrons. The van der Waals surface area contributed by atoms with E-state index in [0.29, 0.717) is 5.92 Å². The quantitative estimate of drug-likeness (QED) is 0.875. The van der Waals surface area contributed by atoms with Gasteiger partial charge in [-0.1, -0.05) is 38.5 Å². The summed E-state index contributed by atoms with van der Waals surface area (Å²) in [5.74, 6) is 4.34. The van der Waals surface area contributed by atoms with Crippen molar-refractivity contribution in [2.75, 3.05) is 19.7 Å². The first kappa shape index (κ1) is 14.9. The molecule has 2 heteroatoms. The number of para-hydroxylation sites is 1. The molecule has 116 valence electrons. The fourth-order valence-electron chi connectivity index (χ4n) is 4.24. The second-order valence-corrected chi connectivity index (χ2v) is 7.03. The molecule has 2 aliphatic rings. The molecule has 4 unspecified atom stereocenters. The van der Waals surface area contributed by atoms with Crippen molar-refractivity contribution >= 4 is 0 Å². The summed E-state index contributed by atoms with van der Waals surface area (Å²) >= 11 is 0. The molecule has 1 fully saturated rings. The Kier molecular flexibility index (Phi) is 4.84. The first-order valence-corrected chi connectivity index (χ1v) is 8.70. The van der Waals surface area contributed by atoms with Gasteiger partial charge in [-0.15, -0.1) is 0 Å². The summed E-state index contributed by atoms with van der Waals surface area (Å²) in [6, 6.07) is 8.62. The van der Waals surface area contributed by atoms with Crippen LogP contribution in [0, 0.1) is 17.8 Å². The molecule has 1 aromatic rings. The monoisotopic (exact) mass is 287 g/mol. The minimum Gasteiger partial charge on any atom is -0.493 e. The zero-order chi connectivity index (χ0) is 14.7. The highest BCUT2D eigenvalue weighted by Gasteiger charge is 2.33. The Labute approximate surface area is 129 Å². The van der Waals surface area contributed by atoms with Gasteiger partial charge >= 0.3 is 0 Å². The fraction of sp³-hybridized carbons (Fsp3) is 0.684. The average molecular weight is 287 g/mol. The minimum absolute atomic E-state index is 0.612. The van der Waals surface area contributed by atoms with Crippen molar-refractivity contribution in [1.29, 1.82) is 0 Å². The Balaban J connectivity index is 1.67. The van der Waals surface area contributed by atoms with Crippen LogP contribution >= 0.6 is 0 Å². The molecule has 2 nitrogen and oxygen atoms in total. The van der Waals surface area contributed by atoms with Crippen LogP contribution in [-0.2, 0) is 0 Å². The number of hydrogen-bond donors (Lipinski definition) is 1. The van der Waals surface area contributed by atoms with E-state index in [1.54, 1.807) is 0 Å². The van der Waals surface area contributed by atoms with Gasteiger partial charge in [0.2, 0.25) is 0 Å². The maximum absolute atomic E-state index is 5.88. The lowest BCUT2D eigenvalue weighted by Crippen LogP contribution is -2.33. The fourth-order valence-corrected chi connectivity index (χ4v) is 4.24. The molecule has 4 atom stereocenters. The maximum Gasteiger partial charge on any atom is 0.122 e. The largest absolute Gasteiger partial charge is 0.493 e. The van der Waals surface area contributed by atoms with Gasteiger partial charge in [-0.2, -0.15) is 0 Å². The van der Waals surface area contributed by atoms with E-state index in [1.807, 2.05) is 0 Å². The van der Waals surface area contributed by atoms with Crippen molar-refractivity contribution in [1.82, 2.24) is 5.32 Å². The van der Waals surface area contributed by atoms with Gasteiger partial charge in [0.15, 0.2) is 0 Å². The van der Waals surface area contributed by atoms with Crippen LogP contribution in [-0.4, -0.2) is 19.7 Å². The molecule has 3 rings (SSSR count). The van der Waals surface area contributed by atoms with Crippen molar-refractivity contribution < 1.29 is 4.74 Å². The summed E-state index contributed by atoms with van der Waals surface area (Å²) < 4.78 is 5.88. The lowest BCUT2D eigenvalue weighted by Gasteiger charge is -2.36. The summed E-state index contributed by atoms with van der Waals surface area (Å²) in [7, 11) is 0.